The van der Waals surface area contributed by atoms with Crippen LogP contribution in [-0.2, 0) is 14.3 Å². The molecule has 0 saturated heterocycles. The second kappa shape index (κ2) is 14.3. The number of ether oxygens (including phenoxy) is 2. The smallest absolute Gasteiger partial charge is 0.411 e. The van der Waals surface area contributed by atoms with Gasteiger partial charge < -0.3 is 9.47 Å². The van der Waals surface area contributed by atoms with Crippen LogP contribution in [0.1, 0.15) is 76.3 Å². The Morgan fingerprint density at radius 2 is 1.56 bits per heavy atom. The lowest BCUT2D eigenvalue weighted by Gasteiger charge is -2.22. The van der Waals surface area contributed by atoms with Gasteiger partial charge in [-0.05, 0) is 36.0 Å². The number of hydrogen-bond acceptors (Lipinski definition) is 4. The molecule has 0 aliphatic carbocycles. The Morgan fingerprint density at radius 1 is 0.875 bits per heavy atom. The monoisotopic (exact) mass is 439 g/mol. The lowest BCUT2D eigenvalue weighted by atomic mass is 9.90. The van der Waals surface area contributed by atoms with Crippen LogP contribution >= 0.6 is 0 Å². The summed E-state index contributed by atoms with van der Waals surface area (Å²) in [7, 11) is 0. The molecule has 2 unspecified atom stereocenters. The Bertz CT molecular complexity index is 821. The molecule has 2 rings (SSSR count). The largest absolute Gasteiger partial charge is 0.465 e. The van der Waals surface area contributed by atoms with E-state index >= 15 is 0 Å². The van der Waals surface area contributed by atoms with Gasteiger partial charge in [-0.3, -0.25) is 10.1 Å². The first-order valence-electron chi connectivity index (χ1n) is 11.8. The van der Waals surface area contributed by atoms with E-state index in [1.807, 2.05) is 55.5 Å². The number of carbonyl (C=O) groups is 2. The maximum absolute atomic E-state index is 13.3. The van der Waals surface area contributed by atoms with Crippen molar-refractivity contribution in [2.75, 3.05) is 18.5 Å². The Hall–Kier alpha value is -2.82. The SMILES string of the molecule is CCCCOC(=O)Nc1ccccc1C(C(=O)OCC(CC)CCCC)c1ccccc1. The third kappa shape index (κ3) is 8.03. The number of anilines is 1. The third-order valence-electron chi connectivity index (χ3n) is 5.61. The fourth-order valence-corrected chi connectivity index (χ4v) is 3.59. The molecular formula is C27H37NO4. The van der Waals surface area contributed by atoms with Gasteiger partial charge in [0.15, 0.2) is 0 Å². The van der Waals surface area contributed by atoms with Crippen molar-refractivity contribution < 1.29 is 19.1 Å². The quantitative estimate of drug-likeness (QED) is 0.271. The van der Waals surface area contributed by atoms with Crippen molar-refractivity contribution in [3.05, 3.63) is 65.7 Å². The lowest BCUT2D eigenvalue weighted by Crippen LogP contribution is -2.23. The predicted molar refractivity (Wildman–Crippen MR) is 129 cm³/mol. The van der Waals surface area contributed by atoms with E-state index in [-0.39, 0.29) is 5.97 Å². The molecule has 2 atom stereocenters. The molecule has 0 spiro atoms. The van der Waals surface area contributed by atoms with Gasteiger partial charge in [0.2, 0.25) is 0 Å². The van der Waals surface area contributed by atoms with Crippen molar-refractivity contribution in [1.82, 2.24) is 0 Å². The van der Waals surface area contributed by atoms with E-state index in [4.69, 9.17) is 9.47 Å². The zero-order valence-corrected chi connectivity index (χ0v) is 19.6. The van der Waals surface area contributed by atoms with Gasteiger partial charge in [0, 0.05) is 5.69 Å². The molecule has 1 amide bonds. The normalized spacial score (nSPS) is 12.6. The standard InChI is InChI=1S/C27H37NO4/c1-4-7-14-21(6-3)20-32-26(29)25(22-15-10-9-11-16-22)23-17-12-13-18-24(23)28-27(30)31-19-8-5-2/h9-13,15-18,21,25H,4-8,14,19-20H2,1-3H3,(H,28,30). The molecule has 174 valence electrons. The summed E-state index contributed by atoms with van der Waals surface area (Å²) in [6.45, 7) is 7.11. The fourth-order valence-electron chi connectivity index (χ4n) is 3.59. The zero-order valence-electron chi connectivity index (χ0n) is 19.6. The molecule has 0 radical (unpaired) electrons. The van der Waals surface area contributed by atoms with Crippen molar-refractivity contribution in [2.24, 2.45) is 5.92 Å². The molecule has 0 aliphatic heterocycles. The van der Waals surface area contributed by atoms with E-state index in [1.54, 1.807) is 6.07 Å². The van der Waals surface area contributed by atoms with Crippen molar-refractivity contribution in [1.29, 1.82) is 0 Å². The molecule has 0 heterocycles. The summed E-state index contributed by atoms with van der Waals surface area (Å²) in [5.41, 5.74) is 2.07. The van der Waals surface area contributed by atoms with Crippen LogP contribution in [-0.4, -0.2) is 25.3 Å². The van der Waals surface area contributed by atoms with Crippen LogP contribution in [0.15, 0.2) is 54.6 Å². The number of rotatable bonds is 13. The van der Waals surface area contributed by atoms with Crippen LogP contribution in [0.3, 0.4) is 0 Å². The Kier molecular flexibility index (Phi) is 11.4. The van der Waals surface area contributed by atoms with Gasteiger partial charge in [-0.25, -0.2) is 4.79 Å². The predicted octanol–water partition coefficient (Wildman–Crippen LogP) is 6.93. The summed E-state index contributed by atoms with van der Waals surface area (Å²) in [5, 5.41) is 2.81. The summed E-state index contributed by atoms with van der Waals surface area (Å²) in [6, 6.07) is 16.9. The summed E-state index contributed by atoms with van der Waals surface area (Å²) < 4.78 is 11.1. The highest BCUT2D eigenvalue weighted by atomic mass is 16.5. The van der Waals surface area contributed by atoms with E-state index in [0.29, 0.717) is 30.4 Å². The van der Waals surface area contributed by atoms with Crippen molar-refractivity contribution in [2.45, 2.75) is 65.2 Å². The lowest BCUT2D eigenvalue weighted by molar-refractivity contribution is -0.145. The average Bonchev–Trinajstić information content (AvgIpc) is 2.81. The van der Waals surface area contributed by atoms with Gasteiger partial charge in [-0.1, -0.05) is 95.0 Å². The molecule has 2 aromatic carbocycles. The Morgan fingerprint density at radius 3 is 2.25 bits per heavy atom. The minimum Gasteiger partial charge on any atom is -0.465 e. The first kappa shape index (κ1) is 25.4. The van der Waals surface area contributed by atoms with Crippen molar-refractivity contribution in [3.8, 4) is 0 Å². The number of para-hydroxylation sites is 1. The molecule has 5 nitrogen and oxygen atoms in total. The number of nitrogens with one attached hydrogen (secondary N) is 1. The van der Waals surface area contributed by atoms with Crippen LogP contribution < -0.4 is 5.32 Å². The fraction of sp³-hybridized carbons (Fsp3) is 0.481. The number of unbranched alkanes of at least 4 members (excludes halogenated alkanes) is 2. The topological polar surface area (TPSA) is 64.6 Å². The molecule has 0 aromatic heterocycles. The molecule has 5 heteroatoms. The first-order chi connectivity index (χ1) is 15.6. The highest BCUT2D eigenvalue weighted by Gasteiger charge is 2.28. The van der Waals surface area contributed by atoms with E-state index in [2.05, 4.69) is 19.2 Å². The van der Waals surface area contributed by atoms with Crippen LogP contribution in [0, 0.1) is 5.92 Å². The van der Waals surface area contributed by atoms with Gasteiger partial charge >= 0.3 is 12.1 Å². The number of carbonyl (C=O) groups excluding carboxylic acids is 2. The van der Waals surface area contributed by atoms with Crippen molar-refractivity contribution >= 4 is 17.7 Å². The van der Waals surface area contributed by atoms with Gasteiger partial charge in [0.05, 0.1) is 13.2 Å². The Balaban J connectivity index is 2.24. The average molecular weight is 440 g/mol. The van der Waals surface area contributed by atoms with Crippen LogP contribution in [0.2, 0.25) is 0 Å². The second-order valence-electron chi connectivity index (χ2n) is 8.09. The molecule has 32 heavy (non-hydrogen) atoms. The van der Waals surface area contributed by atoms with Crippen LogP contribution in [0.25, 0.3) is 0 Å². The third-order valence-corrected chi connectivity index (χ3v) is 5.61. The molecular weight excluding hydrogens is 402 g/mol. The van der Waals surface area contributed by atoms with E-state index in [9.17, 15) is 9.59 Å². The van der Waals surface area contributed by atoms with Crippen LogP contribution in [0.5, 0.6) is 0 Å². The molecule has 2 aromatic rings. The van der Waals surface area contributed by atoms with Gasteiger partial charge in [0.1, 0.15) is 5.92 Å². The number of hydrogen-bond donors (Lipinski definition) is 1. The Labute approximate surface area is 192 Å². The van der Waals surface area contributed by atoms with Gasteiger partial charge in [-0.15, -0.1) is 0 Å². The highest BCUT2D eigenvalue weighted by Crippen LogP contribution is 2.32. The van der Waals surface area contributed by atoms with Gasteiger partial charge in [0.25, 0.3) is 0 Å². The maximum atomic E-state index is 13.3. The van der Waals surface area contributed by atoms with E-state index in [1.165, 1.54) is 0 Å². The molecule has 0 saturated carbocycles. The van der Waals surface area contributed by atoms with E-state index < -0.39 is 12.0 Å². The molecule has 0 bridgehead atoms. The number of esters is 1. The summed E-state index contributed by atoms with van der Waals surface area (Å²) in [4.78, 5) is 25.6. The summed E-state index contributed by atoms with van der Waals surface area (Å²) in [6.07, 6.45) is 5.53. The molecule has 1 N–H and O–H groups in total. The minimum atomic E-state index is -0.632. The first-order valence-corrected chi connectivity index (χ1v) is 11.8. The molecule has 0 fully saturated rings. The zero-order chi connectivity index (χ0) is 23.2. The van der Waals surface area contributed by atoms with Gasteiger partial charge in [-0.2, -0.15) is 0 Å². The summed E-state index contributed by atoms with van der Waals surface area (Å²) >= 11 is 0. The molecule has 0 aliphatic rings. The maximum Gasteiger partial charge on any atom is 0.411 e. The van der Waals surface area contributed by atoms with Crippen molar-refractivity contribution in [3.63, 3.8) is 0 Å². The summed E-state index contributed by atoms with van der Waals surface area (Å²) in [5.74, 6) is -0.580. The second-order valence-corrected chi connectivity index (χ2v) is 8.09. The van der Waals surface area contributed by atoms with Crippen LogP contribution in [0.4, 0.5) is 10.5 Å². The number of amides is 1. The minimum absolute atomic E-state index is 0.306. The highest BCUT2D eigenvalue weighted by molar-refractivity contribution is 5.90. The van der Waals surface area contributed by atoms with E-state index in [0.717, 1.165) is 44.1 Å². The number of benzene rings is 2.